The summed E-state index contributed by atoms with van der Waals surface area (Å²) in [6, 6.07) is 10.4. The van der Waals surface area contributed by atoms with Crippen molar-refractivity contribution in [3.63, 3.8) is 0 Å². The van der Waals surface area contributed by atoms with Crippen LogP contribution >= 0.6 is 9.90 Å². The normalized spacial score (nSPS) is 11.1. The van der Waals surface area contributed by atoms with Gasteiger partial charge in [-0.15, -0.1) is 0 Å². The third-order valence-corrected chi connectivity index (χ3v) is 6.28. The zero-order valence-corrected chi connectivity index (χ0v) is 26.8. The van der Waals surface area contributed by atoms with E-state index in [1.807, 2.05) is 0 Å². The van der Waals surface area contributed by atoms with Crippen LogP contribution in [-0.4, -0.2) is 5.11 Å². The van der Waals surface area contributed by atoms with E-state index in [1.54, 1.807) is 30.3 Å². The van der Waals surface area contributed by atoms with Crippen LogP contribution in [0, 0.1) is 58.2 Å². The highest BCUT2D eigenvalue weighted by Gasteiger charge is 2.43. The monoisotopic (exact) mass is 792 g/mol. The van der Waals surface area contributed by atoms with Gasteiger partial charge >= 0.3 is 12.2 Å². The molecule has 0 bridgehead atoms. The summed E-state index contributed by atoms with van der Waals surface area (Å²) in [4.78, 5) is 0. The van der Waals surface area contributed by atoms with Crippen LogP contribution < -0.4 is 14.2 Å². The Hall–Kier alpha value is -5.25. The van der Waals surface area contributed by atoms with Gasteiger partial charge < -0.3 is 19.3 Å². The lowest BCUT2D eigenvalue weighted by molar-refractivity contribution is -0.190. The standard InChI is InChI=1S/C20H11F7O2.C13H5F7O2.CH4.H3P/c21-14-6-12(28-10-11-4-2-1-3-5-11)7-15(22)18(14)20(26,27)29-13-8-16(23)19(25)17(24)9-13;14-7-1-5(21)2-8(15)11(7)13(19,20)22-6-3-9(16)12(18)10(17)4-6;;/h1-9H,10H2;1-4,21H;1H4;1H3. The molecule has 0 aliphatic rings. The number of alkyl halides is 4. The summed E-state index contributed by atoms with van der Waals surface area (Å²) in [7, 11) is 0. The van der Waals surface area contributed by atoms with Crippen molar-refractivity contribution < 1.29 is 80.8 Å². The van der Waals surface area contributed by atoms with Crippen LogP contribution in [0.5, 0.6) is 23.0 Å². The van der Waals surface area contributed by atoms with Crippen LogP contribution in [0.3, 0.4) is 0 Å². The maximum Gasteiger partial charge on any atom is 0.432 e. The Kier molecular flexibility index (Phi) is 14.5. The zero-order valence-electron chi connectivity index (χ0n) is 25.4. The first-order valence-electron chi connectivity index (χ1n) is 13.6. The molecule has 0 saturated carbocycles. The van der Waals surface area contributed by atoms with Crippen molar-refractivity contribution in [1.82, 2.24) is 0 Å². The molecular formula is C34H23F14O4P. The molecule has 286 valence electrons. The second-order valence-electron chi connectivity index (χ2n) is 9.96. The lowest BCUT2D eigenvalue weighted by atomic mass is 10.1. The number of benzene rings is 5. The molecule has 4 nitrogen and oxygen atoms in total. The lowest BCUT2D eigenvalue weighted by Gasteiger charge is -2.20. The van der Waals surface area contributed by atoms with E-state index in [4.69, 9.17) is 9.84 Å². The first kappa shape index (κ1) is 43.9. The van der Waals surface area contributed by atoms with Gasteiger partial charge in [-0.2, -0.15) is 27.5 Å². The molecule has 0 aromatic heterocycles. The van der Waals surface area contributed by atoms with Crippen LogP contribution in [0.25, 0.3) is 0 Å². The quantitative estimate of drug-likeness (QED) is 0.0918. The molecular weight excluding hydrogens is 769 g/mol. The van der Waals surface area contributed by atoms with Crippen molar-refractivity contribution >= 4 is 9.90 Å². The molecule has 0 fully saturated rings. The summed E-state index contributed by atoms with van der Waals surface area (Å²) in [6.07, 6.45) is -9.32. The summed E-state index contributed by atoms with van der Waals surface area (Å²) in [5, 5.41) is 8.87. The van der Waals surface area contributed by atoms with E-state index in [2.05, 4.69) is 9.47 Å². The lowest BCUT2D eigenvalue weighted by Crippen LogP contribution is -2.25. The summed E-state index contributed by atoms with van der Waals surface area (Å²) >= 11 is 0. The Morgan fingerprint density at radius 1 is 0.472 bits per heavy atom. The van der Waals surface area contributed by atoms with Gasteiger partial charge in [0.2, 0.25) is 0 Å². The summed E-state index contributed by atoms with van der Waals surface area (Å²) in [5.74, 6) is -21.8. The number of phenolic OH excluding ortho intramolecular Hbond substituents is 1. The minimum absolute atomic E-state index is 0. The third-order valence-electron chi connectivity index (χ3n) is 6.28. The number of halogens is 14. The van der Waals surface area contributed by atoms with E-state index in [0.717, 1.165) is 0 Å². The van der Waals surface area contributed by atoms with E-state index in [0.29, 0.717) is 17.7 Å². The largest absolute Gasteiger partial charge is 0.508 e. The highest BCUT2D eigenvalue weighted by Crippen LogP contribution is 2.38. The maximum absolute atomic E-state index is 14.2. The molecule has 1 N–H and O–H groups in total. The molecule has 5 aromatic carbocycles. The fraction of sp³-hybridized carbons (Fsp3) is 0.118. The number of hydrogen-bond donors (Lipinski definition) is 1. The number of rotatable bonds is 9. The first-order valence-corrected chi connectivity index (χ1v) is 13.6. The van der Waals surface area contributed by atoms with Crippen LogP contribution in [0.15, 0.2) is 78.9 Å². The first-order chi connectivity index (χ1) is 23.8. The van der Waals surface area contributed by atoms with E-state index >= 15 is 0 Å². The maximum atomic E-state index is 14.2. The molecule has 19 heteroatoms. The second-order valence-corrected chi connectivity index (χ2v) is 9.96. The fourth-order valence-electron chi connectivity index (χ4n) is 4.07. The highest BCUT2D eigenvalue weighted by atomic mass is 31.0. The Balaban J connectivity index is 0.000000366. The van der Waals surface area contributed by atoms with Gasteiger partial charge in [0.15, 0.2) is 34.9 Å². The number of ether oxygens (including phenoxy) is 3. The third kappa shape index (κ3) is 10.7. The van der Waals surface area contributed by atoms with Crippen molar-refractivity contribution in [2.75, 3.05) is 0 Å². The Morgan fingerprint density at radius 2 is 0.792 bits per heavy atom. The fourth-order valence-corrected chi connectivity index (χ4v) is 4.07. The number of phenols is 1. The smallest absolute Gasteiger partial charge is 0.432 e. The minimum Gasteiger partial charge on any atom is -0.508 e. The molecule has 0 saturated heterocycles. The van der Waals surface area contributed by atoms with Gasteiger partial charge in [0, 0.05) is 48.5 Å². The van der Waals surface area contributed by atoms with Crippen molar-refractivity contribution in [3.8, 4) is 23.0 Å². The minimum atomic E-state index is -4.67. The molecule has 0 heterocycles. The highest BCUT2D eigenvalue weighted by molar-refractivity contribution is 6.92. The Labute approximate surface area is 293 Å². The summed E-state index contributed by atoms with van der Waals surface area (Å²) in [6.45, 7) is -0.0694. The summed E-state index contributed by atoms with van der Waals surface area (Å²) in [5.41, 5.74) is -3.00. The van der Waals surface area contributed by atoms with Gasteiger partial charge in [-0.05, 0) is 5.56 Å². The predicted molar refractivity (Wildman–Crippen MR) is 165 cm³/mol. The predicted octanol–water partition coefficient (Wildman–Crippen LogP) is 11.0. The Morgan fingerprint density at radius 3 is 1.15 bits per heavy atom. The van der Waals surface area contributed by atoms with Crippen molar-refractivity contribution in [2.45, 2.75) is 26.3 Å². The van der Waals surface area contributed by atoms with E-state index in [9.17, 15) is 61.5 Å². The van der Waals surface area contributed by atoms with Crippen molar-refractivity contribution in [3.05, 3.63) is 154 Å². The molecule has 0 spiro atoms. The molecule has 1 atom stereocenters. The topological polar surface area (TPSA) is 47.9 Å². The number of hydrogen-bond acceptors (Lipinski definition) is 4. The van der Waals surface area contributed by atoms with Gasteiger partial charge in [0.1, 0.15) is 64.0 Å². The van der Waals surface area contributed by atoms with Gasteiger partial charge in [-0.25, -0.2) is 43.9 Å². The molecule has 53 heavy (non-hydrogen) atoms. The molecule has 0 aliphatic heterocycles. The van der Waals surface area contributed by atoms with Crippen LogP contribution in [0.1, 0.15) is 24.1 Å². The SMILES string of the molecule is C.Fc1cc(OC(F)(F)c2c(F)cc(OCc3ccccc3)cc2F)cc(F)c1F.Oc1cc(F)c(C(F)(F)Oc2cc(F)c(F)c(F)c2)c(F)c1.P. The van der Waals surface area contributed by atoms with Gasteiger partial charge in [0.05, 0.1) is 0 Å². The molecule has 1 unspecified atom stereocenters. The van der Waals surface area contributed by atoms with Crippen molar-refractivity contribution in [1.29, 1.82) is 0 Å². The van der Waals surface area contributed by atoms with E-state index in [1.165, 1.54) is 0 Å². The molecule has 0 amide bonds. The number of aromatic hydroxyl groups is 1. The molecule has 0 aliphatic carbocycles. The van der Waals surface area contributed by atoms with Crippen LogP contribution in [0.4, 0.5) is 61.5 Å². The van der Waals surface area contributed by atoms with Crippen molar-refractivity contribution in [2.24, 2.45) is 0 Å². The molecule has 5 aromatic rings. The van der Waals surface area contributed by atoms with Gasteiger partial charge in [-0.1, -0.05) is 37.8 Å². The van der Waals surface area contributed by atoms with Crippen LogP contribution in [0.2, 0.25) is 0 Å². The zero-order chi connectivity index (χ0) is 37.8. The van der Waals surface area contributed by atoms with E-state index in [-0.39, 0.29) is 66.1 Å². The average Bonchev–Trinajstić information content (AvgIpc) is 3.00. The molecule has 0 radical (unpaired) electrons. The Bertz CT molecular complexity index is 1960. The molecule has 5 rings (SSSR count). The average molecular weight is 793 g/mol. The summed E-state index contributed by atoms with van der Waals surface area (Å²) < 4.78 is 202. The second kappa shape index (κ2) is 17.5. The van der Waals surface area contributed by atoms with Gasteiger partial charge in [-0.3, -0.25) is 0 Å². The van der Waals surface area contributed by atoms with Crippen LogP contribution in [-0.2, 0) is 18.8 Å². The van der Waals surface area contributed by atoms with Gasteiger partial charge in [0.25, 0.3) is 0 Å². The van der Waals surface area contributed by atoms with E-state index < -0.39 is 98.8 Å².